The van der Waals surface area contributed by atoms with E-state index in [2.05, 4.69) is 22.1 Å². The van der Waals surface area contributed by atoms with Crippen molar-refractivity contribution in [3.63, 3.8) is 0 Å². The quantitative estimate of drug-likeness (QED) is 0.535. The van der Waals surface area contributed by atoms with Gasteiger partial charge >= 0.3 is 0 Å². The lowest BCUT2D eigenvalue weighted by Crippen LogP contribution is -2.37. The highest BCUT2D eigenvalue weighted by atomic mass is 35.5. The molecule has 160 valence electrons. The molecule has 0 radical (unpaired) electrons. The average Bonchev–Trinajstić information content (AvgIpc) is 2.71. The van der Waals surface area contributed by atoms with Gasteiger partial charge in [-0.25, -0.2) is 4.98 Å². The van der Waals surface area contributed by atoms with Crippen molar-refractivity contribution in [3.8, 4) is 11.8 Å². The zero-order valence-electron chi connectivity index (χ0n) is 17.7. The van der Waals surface area contributed by atoms with Crippen molar-refractivity contribution >= 4 is 34.1 Å². The summed E-state index contributed by atoms with van der Waals surface area (Å²) in [4.78, 5) is 18.5. The van der Waals surface area contributed by atoms with E-state index in [-0.39, 0.29) is 12.5 Å². The van der Waals surface area contributed by atoms with Crippen LogP contribution < -0.4 is 11.1 Å². The third-order valence-electron chi connectivity index (χ3n) is 4.76. The van der Waals surface area contributed by atoms with Crippen LogP contribution in [0.25, 0.3) is 10.8 Å². The lowest BCUT2D eigenvalue weighted by Gasteiger charge is -2.16. The zero-order valence-corrected chi connectivity index (χ0v) is 18.5. The van der Waals surface area contributed by atoms with Gasteiger partial charge in [0.1, 0.15) is 5.82 Å². The van der Waals surface area contributed by atoms with Gasteiger partial charge in [-0.3, -0.25) is 4.79 Å². The molecule has 0 saturated carbocycles. The smallest absolute Gasteiger partial charge is 0.251 e. The molecular formula is C24H25ClN4O2. The molecule has 0 fully saturated rings. The molecule has 0 bridgehead atoms. The lowest BCUT2D eigenvalue weighted by atomic mass is 10.0. The second kappa shape index (κ2) is 9.80. The van der Waals surface area contributed by atoms with Crippen LogP contribution in [-0.4, -0.2) is 54.2 Å². The lowest BCUT2D eigenvalue weighted by molar-refractivity contribution is 0.0891. The second-order valence-corrected chi connectivity index (χ2v) is 8.09. The Morgan fingerprint density at radius 2 is 2.03 bits per heavy atom. The standard InChI is InChI=1S/C24H25ClN4O2/c1-15-10-16(4-8-20(15)24(31)28-13-19(30)14-29(2)3)5-9-21-22-11-18(25)7-6-17(22)12-27-23(21)26/h4,6-8,10-12,19,30H,13-14H2,1-3H3,(H2,26,27)(H,28,31). The minimum absolute atomic E-state index is 0.188. The van der Waals surface area contributed by atoms with Gasteiger partial charge in [0.25, 0.3) is 5.91 Å². The molecule has 4 N–H and O–H groups in total. The summed E-state index contributed by atoms with van der Waals surface area (Å²) >= 11 is 6.13. The summed E-state index contributed by atoms with van der Waals surface area (Å²) in [6.45, 7) is 2.52. The first kappa shape index (κ1) is 22.6. The highest BCUT2D eigenvalue weighted by molar-refractivity contribution is 6.31. The number of carbonyl (C=O) groups is 1. The summed E-state index contributed by atoms with van der Waals surface area (Å²) in [6.07, 6.45) is 1.07. The molecule has 3 aromatic rings. The van der Waals surface area contributed by atoms with Crippen LogP contribution in [0.3, 0.4) is 0 Å². The van der Waals surface area contributed by atoms with Crippen LogP contribution in [0.2, 0.25) is 5.02 Å². The molecule has 0 spiro atoms. The molecule has 1 amide bonds. The number of rotatable bonds is 5. The predicted octanol–water partition coefficient (Wildman–Crippen LogP) is 2.83. The summed E-state index contributed by atoms with van der Waals surface area (Å²) < 4.78 is 0. The maximum atomic E-state index is 12.5. The summed E-state index contributed by atoms with van der Waals surface area (Å²) in [6, 6.07) is 10.9. The van der Waals surface area contributed by atoms with Gasteiger partial charge in [-0.1, -0.05) is 29.5 Å². The van der Waals surface area contributed by atoms with Crippen molar-refractivity contribution in [2.24, 2.45) is 0 Å². The van der Waals surface area contributed by atoms with Gasteiger partial charge in [-0.2, -0.15) is 0 Å². The summed E-state index contributed by atoms with van der Waals surface area (Å²) in [5.41, 5.74) is 8.75. The van der Waals surface area contributed by atoms with Crippen LogP contribution in [0.4, 0.5) is 5.82 Å². The third kappa shape index (κ3) is 5.74. The largest absolute Gasteiger partial charge is 0.390 e. The SMILES string of the molecule is Cc1cc(C#Cc2c(N)ncc3ccc(Cl)cc23)ccc1C(=O)NCC(O)CN(C)C. The minimum Gasteiger partial charge on any atom is -0.390 e. The first-order valence-corrected chi connectivity index (χ1v) is 10.2. The number of hydrogen-bond acceptors (Lipinski definition) is 5. The Kier molecular flexibility index (Phi) is 7.13. The number of halogens is 1. The number of nitrogens with one attached hydrogen (secondary N) is 1. The van der Waals surface area contributed by atoms with Crippen molar-refractivity contribution in [3.05, 3.63) is 69.9 Å². The fourth-order valence-electron chi connectivity index (χ4n) is 3.25. The molecule has 1 unspecified atom stereocenters. The van der Waals surface area contributed by atoms with Gasteiger partial charge in [0, 0.05) is 46.2 Å². The number of amides is 1. The number of nitrogens with two attached hydrogens (primary N) is 1. The number of aliphatic hydroxyl groups excluding tert-OH is 1. The van der Waals surface area contributed by atoms with E-state index in [1.165, 1.54) is 0 Å². The van der Waals surface area contributed by atoms with E-state index in [4.69, 9.17) is 17.3 Å². The van der Waals surface area contributed by atoms with Crippen LogP contribution in [0.1, 0.15) is 27.0 Å². The maximum Gasteiger partial charge on any atom is 0.251 e. The molecule has 0 aliphatic rings. The van der Waals surface area contributed by atoms with E-state index in [0.717, 1.165) is 21.9 Å². The van der Waals surface area contributed by atoms with E-state index >= 15 is 0 Å². The Bertz CT molecular complexity index is 1180. The molecule has 1 aromatic heterocycles. The fraction of sp³-hybridized carbons (Fsp3) is 0.250. The van der Waals surface area contributed by atoms with Crippen molar-refractivity contribution in [2.45, 2.75) is 13.0 Å². The monoisotopic (exact) mass is 436 g/mol. The number of carbonyl (C=O) groups excluding carboxylic acids is 1. The molecule has 31 heavy (non-hydrogen) atoms. The number of nitrogens with zero attached hydrogens (tertiary/aromatic N) is 2. The molecule has 0 saturated heterocycles. The van der Waals surface area contributed by atoms with Gasteiger partial charge in [0.15, 0.2) is 0 Å². The number of hydrogen-bond donors (Lipinski definition) is 3. The Hall–Kier alpha value is -3.11. The molecule has 1 heterocycles. The number of nitrogen functional groups attached to an aromatic ring is 1. The fourth-order valence-corrected chi connectivity index (χ4v) is 3.43. The number of aliphatic hydroxyl groups is 1. The molecule has 1 atom stereocenters. The van der Waals surface area contributed by atoms with Gasteiger partial charge in [0.05, 0.1) is 11.7 Å². The summed E-state index contributed by atoms with van der Waals surface area (Å²) in [7, 11) is 3.73. The normalized spacial score (nSPS) is 11.8. The molecule has 2 aromatic carbocycles. The van der Waals surface area contributed by atoms with Crippen LogP contribution in [0.5, 0.6) is 0 Å². The van der Waals surface area contributed by atoms with E-state index < -0.39 is 6.10 Å². The van der Waals surface area contributed by atoms with E-state index in [0.29, 0.717) is 28.5 Å². The number of fused-ring (bicyclic) bond motifs is 1. The number of benzene rings is 2. The zero-order chi connectivity index (χ0) is 22.5. The third-order valence-corrected chi connectivity index (χ3v) is 5.00. The Labute approximate surface area is 187 Å². The Morgan fingerprint density at radius 1 is 1.26 bits per heavy atom. The van der Waals surface area contributed by atoms with Gasteiger partial charge in [-0.05, 0) is 56.9 Å². The van der Waals surface area contributed by atoms with Crippen LogP contribution in [0, 0.1) is 18.8 Å². The van der Waals surface area contributed by atoms with Gasteiger partial charge in [0.2, 0.25) is 0 Å². The van der Waals surface area contributed by atoms with E-state index in [9.17, 15) is 9.90 Å². The highest BCUT2D eigenvalue weighted by Gasteiger charge is 2.12. The minimum atomic E-state index is -0.627. The molecule has 6 nitrogen and oxygen atoms in total. The van der Waals surface area contributed by atoms with Crippen LogP contribution >= 0.6 is 11.6 Å². The molecule has 0 aliphatic carbocycles. The summed E-state index contributed by atoms with van der Waals surface area (Å²) in [5, 5.41) is 15.0. The number of pyridine rings is 1. The van der Waals surface area contributed by atoms with Crippen molar-refractivity contribution in [1.82, 2.24) is 15.2 Å². The van der Waals surface area contributed by atoms with E-state index in [1.54, 1.807) is 24.4 Å². The second-order valence-electron chi connectivity index (χ2n) is 7.66. The first-order valence-electron chi connectivity index (χ1n) is 9.82. The van der Waals surface area contributed by atoms with Crippen molar-refractivity contribution < 1.29 is 9.90 Å². The van der Waals surface area contributed by atoms with E-state index in [1.807, 2.05) is 44.1 Å². The molecule has 3 rings (SSSR count). The topological polar surface area (TPSA) is 91.5 Å². The first-order chi connectivity index (χ1) is 14.7. The van der Waals surface area contributed by atoms with Crippen molar-refractivity contribution in [1.29, 1.82) is 0 Å². The van der Waals surface area contributed by atoms with Crippen LogP contribution in [-0.2, 0) is 0 Å². The number of aromatic nitrogens is 1. The summed E-state index contributed by atoms with van der Waals surface area (Å²) in [5.74, 6) is 6.31. The van der Waals surface area contributed by atoms with Gasteiger partial charge < -0.3 is 21.1 Å². The van der Waals surface area contributed by atoms with Crippen molar-refractivity contribution in [2.75, 3.05) is 32.9 Å². The van der Waals surface area contributed by atoms with Gasteiger partial charge in [-0.15, -0.1) is 0 Å². The predicted molar refractivity (Wildman–Crippen MR) is 125 cm³/mol. The number of aryl methyl sites for hydroxylation is 1. The molecule has 0 aliphatic heterocycles. The number of anilines is 1. The highest BCUT2D eigenvalue weighted by Crippen LogP contribution is 2.25. The Balaban J connectivity index is 1.80. The van der Waals surface area contributed by atoms with Crippen LogP contribution in [0.15, 0.2) is 42.6 Å². The molecule has 7 heteroatoms. The average molecular weight is 437 g/mol. The molecular weight excluding hydrogens is 412 g/mol. The maximum absolute atomic E-state index is 12.5. The number of likely N-dealkylation sites (N-methyl/N-ethyl adjacent to an activating group) is 1. The Morgan fingerprint density at radius 3 is 2.74 bits per heavy atom.